The highest BCUT2D eigenvalue weighted by molar-refractivity contribution is 7.00. The number of hydrogen-bond acceptors (Lipinski definition) is 3. The van der Waals surface area contributed by atoms with Crippen LogP contribution >= 0.6 is 0 Å². The first-order valence-electron chi connectivity index (χ1n) is 55.5. The second kappa shape index (κ2) is 34.1. The van der Waals surface area contributed by atoms with Gasteiger partial charge < -0.3 is 18.9 Å². The molecule has 0 atom stereocenters. The zero-order valence-electron chi connectivity index (χ0n) is 93.0. The highest BCUT2D eigenvalue weighted by atomic mass is 15.2. The first-order valence-corrected chi connectivity index (χ1v) is 48.5. The summed E-state index contributed by atoms with van der Waals surface area (Å²) >= 11 is 0. The monoisotopic (exact) mass is 1780 g/mol. The Hall–Kier alpha value is -15.0. The maximum absolute atomic E-state index is 10.7. The number of benzene rings is 17. The number of nitriles is 1. The summed E-state index contributed by atoms with van der Waals surface area (Å²) < 4.78 is 137. The Balaban J connectivity index is 0.652. The van der Waals surface area contributed by atoms with E-state index < -0.39 is 119 Å². The van der Waals surface area contributed by atoms with Gasteiger partial charge in [-0.2, -0.15) is 5.26 Å². The standard InChI is InChI=1S/C130H113BN6/c1-126(2,3)95-62-58-87(107(78-95)89-60-67-103-101-49-29-33-53-111(101)129(113(103)76-89,91-41-21-15-22-42-91)92-43-23-16-24-44-92)39-19-11-13-37-73-134-121-83-99(136-117-55-35-31-51-105(117)109-75-86(85-132)57-71-119(109)136)65-69-115(121)131-116-70-66-100(137-118-56-36-32-52-106(118)110-82-98(133-10)64-72-120(110)137)84-122(116)135(124-81-97(128(7,8)9)80-123(134)125(124)131)74-38-14-12-20-40-88-59-63-96(127(4,5)6)79-108(88)90-61-68-104-102-50-30-34-54-112(102)130(114(104)77-90,93-45-25-17-26-46-93)94-47-27-18-28-48-94/h15-18,21-36,41-72,75-84H,11-14,19-20,37-40,73-74H2,1-9H3/i31D,32D,35D,36D,51D,52D,55D,56D,57D,64D,71D,72D,75D,82D. The Kier molecular flexibility index (Phi) is 17.8. The van der Waals surface area contributed by atoms with Crippen molar-refractivity contribution in [3.63, 3.8) is 0 Å². The molecule has 0 N–H and O–H groups in total. The third-order valence-electron chi connectivity index (χ3n) is 29.8. The minimum absolute atomic E-state index is 0.0123. The zero-order valence-corrected chi connectivity index (χ0v) is 79.0. The summed E-state index contributed by atoms with van der Waals surface area (Å²) in [7, 11) is 0. The van der Waals surface area contributed by atoms with Crippen LogP contribution in [-0.2, 0) is 39.9 Å². The third kappa shape index (κ3) is 14.4. The number of fused-ring (bicyclic) bond motifs is 16. The molecule has 4 heterocycles. The molecule has 0 radical (unpaired) electrons. The van der Waals surface area contributed by atoms with E-state index in [1.165, 1.54) is 100 Å². The van der Waals surface area contributed by atoms with E-state index in [9.17, 15) is 21.7 Å². The quantitative estimate of drug-likeness (QED) is 0.0386. The number of aryl methyl sites for hydroxylation is 2. The number of unbranched alkanes of at least 4 members (excludes halogenated alkanes) is 6. The van der Waals surface area contributed by atoms with E-state index in [0.29, 0.717) is 37.3 Å². The van der Waals surface area contributed by atoms with Gasteiger partial charge in [0.25, 0.3) is 6.71 Å². The van der Waals surface area contributed by atoms with Gasteiger partial charge in [0, 0.05) is 66.1 Å². The number of rotatable bonds is 22. The van der Waals surface area contributed by atoms with Crippen molar-refractivity contribution in [3.05, 3.63) is 465 Å². The summed E-state index contributed by atoms with van der Waals surface area (Å²) in [5.74, 6) is 0. The molecule has 2 aromatic heterocycles. The number of anilines is 4. The number of hydrogen-bond donors (Lipinski definition) is 0. The van der Waals surface area contributed by atoms with Crippen molar-refractivity contribution in [2.45, 2.75) is 154 Å². The summed E-state index contributed by atoms with van der Waals surface area (Å²) in [6.45, 7) is 29.0. The molecule has 0 bridgehead atoms. The van der Waals surface area contributed by atoms with E-state index in [-0.39, 0.29) is 54.4 Å². The van der Waals surface area contributed by atoms with Crippen molar-refractivity contribution in [2.75, 3.05) is 22.9 Å². The average molecular weight is 1780 g/mol. The van der Waals surface area contributed by atoms with Gasteiger partial charge in [0.15, 0.2) is 5.69 Å². The molecule has 6 nitrogen and oxygen atoms in total. The van der Waals surface area contributed by atoms with Crippen molar-refractivity contribution in [1.29, 1.82) is 5.26 Å². The number of para-hydroxylation sites is 2. The normalized spacial score (nSPS) is 15.1. The molecule has 666 valence electrons. The molecule has 2 aliphatic carbocycles. The summed E-state index contributed by atoms with van der Waals surface area (Å²) in [5, 5.41) is 10.5. The van der Waals surface area contributed by atoms with Crippen LogP contribution in [0.2, 0.25) is 0 Å². The van der Waals surface area contributed by atoms with Crippen molar-refractivity contribution in [1.82, 2.24) is 9.13 Å². The van der Waals surface area contributed by atoms with E-state index in [1.807, 2.05) is 30.3 Å². The highest BCUT2D eigenvalue weighted by Gasteiger charge is 2.49. The zero-order chi connectivity index (χ0) is 105. The van der Waals surface area contributed by atoms with Crippen LogP contribution in [0.25, 0.3) is 104 Å². The Labute approximate surface area is 827 Å². The Morgan fingerprint density at radius 1 is 0.343 bits per heavy atom. The Bertz CT molecular complexity index is 8410. The molecule has 137 heavy (non-hydrogen) atoms. The van der Waals surface area contributed by atoms with Gasteiger partial charge in [-0.1, -0.05) is 373 Å². The minimum Gasteiger partial charge on any atom is -0.342 e. The molecular weight excluding hydrogens is 1660 g/mol. The van der Waals surface area contributed by atoms with Crippen molar-refractivity contribution < 1.29 is 19.2 Å². The summed E-state index contributed by atoms with van der Waals surface area (Å²) in [6, 6.07) is 102. The van der Waals surface area contributed by atoms with E-state index in [1.54, 1.807) is 9.13 Å². The molecule has 0 fully saturated rings. The van der Waals surface area contributed by atoms with Crippen LogP contribution in [0, 0.1) is 17.9 Å². The van der Waals surface area contributed by atoms with Crippen molar-refractivity contribution in [2.24, 2.45) is 0 Å². The lowest BCUT2D eigenvalue weighted by molar-refractivity contribution is 0.589. The molecule has 0 amide bonds. The topological polar surface area (TPSA) is 44.5 Å². The number of aromatic nitrogens is 2. The largest absolute Gasteiger partial charge is 0.342 e. The number of nitrogens with zero attached hydrogens (tertiary/aromatic N) is 6. The Morgan fingerprint density at radius 2 is 0.737 bits per heavy atom. The van der Waals surface area contributed by atoms with Crippen LogP contribution in [0.5, 0.6) is 0 Å². The third-order valence-corrected chi connectivity index (χ3v) is 29.8. The molecule has 23 rings (SSSR count). The maximum Gasteiger partial charge on any atom is 0.252 e. The van der Waals surface area contributed by atoms with Crippen LogP contribution < -0.4 is 26.2 Å². The molecule has 0 spiro atoms. The molecular formula is C130H113BN6. The van der Waals surface area contributed by atoms with Gasteiger partial charge in [-0.15, -0.1) is 0 Å². The molecule has 2 aliphatic heterocycles. The summed E-state index contributed by atoms with van der Waals surface area (Å²) in [5.41, 5.74) is 29.5. The molecule has 19 aromatic rings. The van der Waals surface area contributed by atoms with Gasteiger partial charge in [-0.3, -0.25) is 0 Å². The highest BCUT2D eigenvalue weighted by Crippen LogP contribution is 2.60. The van der Waals surface area contributed by atoms with Crippen LogP contribution in [-0.4, -0.2) is 28.9 Å². The van der Waals surface area contributed by atoms with E-state index >= 15 is 0 Å². The van der Waals surface area contributed by atoms with E-state index in [0.717, 1.165) is 107 Å². The van der Waals surface area contributed by atoms with Gasteiger partial charge in [0.1, 0.15) is 0 Å². The van der Waals surface area contributed by atoms with Gasteiger partial charge in [0.2, 0.25) is 0 Å². The SMILES string of the molecule is [2H]c1c([2H])c([2H])c2c(c1[2H])c1c([2H])c(C#N)c([2H])c([2H])c1n2-c1ccc2c(c1)N(CCCCCCc1ccc(C(C)(C)C)cc1-c1ccc3c(c1)C(c1ccccc1)(c1ccccc1)c1ccccc1-3)c1cc(C(C)(C)C)cc3c1B2c1ccc(-n2c4c([2H])c([2H])c([2H])c([2H])c4c4c([2H])c([N+]#[C-])c([2H])c([2H])c42)cc1N3CCCCCCc1ccc(C(C)(C)C)cc1-c1ccc2c(c1)C(c1ccccc1)(c1ccccc1)c1ccccc1-2. The average Bonchev–Trinajstić information content (AvgIpc) is 1.50. The predicted octanol–water partition coefficient (Wildman–Crippen LogP) is 31.3. The summed E-state index contributed by atoms with van der Waals surface area (Å²) in [4.78, 5) is 8.42. The first-order chi connectivity index (χ1) is 72.6. The van der Waals surface area contributed by atoms with Gasteiger partial charge >= 0.3 is 0 Å². The fraction of sp³-hybridized carbons (Fsp3) is 0.200. The minimum atomic E-state index is -0.594. The Morgan fingerprint density at radius 3 is 1.17 bits per heavy atom. The predicted molar refractivity (Wildman–Crippen MR) is 576 cm³/mol. The lowest BCUT2D eigenvalue weighted by atomic mass is 9.33. The lowest BCUT2D eigenvalue weighted by Gasteiger charge is -2.45. The molecule has 17 aromatic carbocycles. The van der Waals surface area contributed by atoms with E-state index in [2.05, 4.69) is 344 Å². The fourth-order valence-electron chi connectivity index (χ4n) is 23.1. The van der Waals surface area contributed by atoms with Gasteiger partial charge in [0.05, 0.1) is 67.6 Å². The van der Waals surface area contributed by atoms with Crippen LogP contribution in [0.4, 0.5) is 28.4 Å². The lowest BCUT2D eigenvalue weighted by Crippen LogP contribution is -2.62. The van der Waals surface area contributed by atoms with E-state index in [4.69, 9.17) is 9.31 Å². The van der Waals surface area contributed by atoms with Gasteiger partial charge in [-0.25, -0.2) is 4.85 Å². The van der Waals surface area contributed by atoms with Crippen molar-refractivity contribution in [3.8, 4) is 62.0 Å². The van der Waals surface area contributed by atoms with Crippen LogP contribution in [0.1, 0.15) is 211 Å². The summed E-state index contributed by atoms with van der Waals surface area (Å²) in [6.07, 6.45) is 8.15. The van der Waals surface area contributed by atoms with Gasteiger partial charge in [-0.05, 0) is 284 Å². The first kappa shape index (κ1) is 71.5. The maximum atomic E-state index is 10.7. The fourth-order valence-corrected chi connectivity index (χ4v) is 23.1. The molecule has 0 saturated heterocycles. The van der Waals surface area contributed by atoms with Crippen LogP contribution in [0.3, 0.4) is 0 Å². The van der Waals surface area contributed by atoms with Crippen molar-refractivity contribution >= 4 is 95.1 Å². The smallest absolute Gasteiger partial charge is 0.252 e. The molecule has 4 aliphatic rings. The molecule has 7 heteroatoms. The molecule has 0 unspecified atom stereocenters. The van der Waals surface area contributed by atoms with Crippen LogP contribution in [0.15, 0.2) is 376 Å². The second-order valence-electron chi connectivity index (χ2n) is 40.8. The second-order valence-corrected chi connectivity index (χ2v) is 40.8. The molecule has 0 saturated carbocycles.